The highest BCUT2D eigenvalue weighted by Gasteiger charge is 2.18. The van der Waals surface area contributed by atoms with Crippen molar-refractivity contribution >= 4 is 15.7 Å². The number of amides is 1. The molecular weight excluding hydrogens is 322 g/mol. The summed E-state index contributed by atoms with van der Waals surface area (Å²) in [6, 6.07) is 6.11. The van der Waals surface area contributed by atoms with Gasteiger partial charge in [-0.05, 0) is 31.2 Å². The van der Waals surface area contributed by atoms with Gasteiger partial charge in [0.05, 0.1) is 17.8 Å². The fraction of sp³-hybridized carbons (Fsp3) is 0.357. The van der Waals surface area contributed by atoms with Gasteiger partial charge < -0.3 is 14.6 Å². The summed E-state index contributed by atoms with van der Waals surface area (Å²) in [5.74, 6) is -0.0989. The first-order chi connectivity index (χ1) is 11.0. The molecular formula is C14H17N3O5S. The third-order valence-corrected chi connectivity index (χ3v) is 4.74. The minimum atomic E-state index is -3.48. The number of aromatic nitrogens is 2. The number of carbonyl (C=O) groups is 1. The van der Waals surface area contributed by atoms with Gasteiger partial charge in [0, 0.05) is 13.0 Å². The fourth-order valence-corrected chi connectivity index (χ4v) is 3.05. The predicted octanol–water partition coefficient (Wildman–Crippen LogP) is 0.844. The Labute approximate surface area is 133 Å². The molecule has 0 saturated heterocycles. The monoisotopic (exact) mass is 339 g/mol. The normalized spacial score (nSPS) is 11.2. The van der Waals surface area contributed by atoms with E-state index >= 15 is 0 Å². The fourth-order valence-electron chi connectivity index (χ4n) is 1.81. The molecule has 0 fully saturated rings. The van der Waals surface area contributed by atoms with Gasteiger partial charge in [-0.2, -0.15) is 4.98 Å². The maximum atomic E-state index is 12.2. The molecule has 0 unspecified atom stereocenters. The lowest BCUT2D eigenvalue weighted by molar-refractivity contribution is 0.0912. The summed E-state index contributed by atoms with van der Waals surface area (Å²) in [6.45, 7) is 2.19. The summed E-state index contributed by atoms with van der Waals surface area (Å²) in [7, 11) is -1.98. The van der Waals surface area contributed by atoms with Crippen LogP contribution in [0.3, 0.4) is 0 Å². The molecule has 9 heteroatoms. The van der Waals surface area contributed by atoms with Crippen LogP contribution in [0.5, 0.6) is 5.75 Å². The number of hydrogen-bond donors (Lipinski definition) is 1. The first-order valence-corrected chi connectivity index (χ1v) is 8.59. The summed E-state index contributed by atoms with van der Waals surface area (Å²) in [6.07, 6.45) is 0.0528. The molecule has 0 aliphatic heterocycles. The maximum Gasteiger partial charge on any atom is 0.315 e. The van der Waals surface area contributed by atoms with Crippen LogP contribution < -0.4 is 10.1 Å². The highest BCUT2D eigenvalue weighted by molar-refractivity contribution is 7.91. The summed E-state index contributed by atoms with van der Waals surface area (Å²) in [4.78, 5) is 15.6. The Morgan fingerprint density at radius 2 is 2.00 bits per heavy atom. The van der Waals surface area contributed by atoms with E-state index in [1.807, 2.05) is 0 Å². The maximum absolute atomic E-state index is 12.2. The van der Waals surface area contributed by atoms with E-state index in [1.165, 1.54) is 19.2 Å². The molecule has 8 nitrogen and oxygen atoms in total. The molecule has 1 heterocycles. The molecule has 1 aromatic carbocycles. The summed E-state index contributed by atoms with van der Waals surface area (Å²) in [5, 5.41) is 6.13. The van der Waals surface area contributed by atoms with E-state index in [-0.39, 0.29) is 28.8 Å². The Morgan fingerprint density at radius 1 is 1.30 bits per heavy atom. The van der Waals surface area contributed by atoms with Crippen LogP contribution in [0.2, 0.25) is 0 Å². The molecule has 1 amide bonds. The van der Waals surface area contributed by atoms with Crippen LogP contribution in [0.1, 0.15) is 23.4 Å². The second-order valence-electron chi connectivity index (χ2n) is 4.62. The van der Waals surface area contributed by atoms with E-state index in [0.717, 1.165) is 0 Å². The van der Waals surface area contributed by atoms with Crippen molar-refractivity contribution in [3.8, 4) is 5.75 Å². The van der Waals surface area contributed by atoms with Crippen molar-refractivity contribution in [3.63, 3.8) is 0 Å². The highest BCUT2D eigenvalue weighted by atomic mass is 32.2. The molecule has 0 aliphatic carbocycles. The Hall–Kier alpha value is -2.42. The quantitative estimate of drug-likeness (QED) is 0.795. The van der Waals surface area contributed by atoms with Gasteiger partial charge in [0.2, 0.25) is 0 Å². The highest BCUT2D eigenvalue weighted by Crippen LogP contribution is 2.17. The van der Waals surface area contributed by atoms with Crippen molar-refractivity contribution in [2.75, 3.05) is 19.4 Å². The minimum absolute atomic E-state index is 0.0528. The van der Waals surface area contributed by atoms with Crippen LogP contribution in [-0.2, 0) is 16.3 Å². The number of ether oxygens (including phenoxy) is 1. The summed E-state index contributed by atoms with van der Waals surface area (Å²) >= 11 is 0. The number of carbonyl (C=O) groups excluding carboxylic acids is 1. The number of methoxy groups -OCH3 is 1. The van der Waals surface area contributed by atoms with Gasteiger partial charge >= 0.3 is 11.8 Å². The average Bonchev–Trinajstić information content (AvgIpc) is 3.02. The molecule has 23 heavy (non-hydrogen) atoms. The van der Waals surface area contributed by atoms with Crippen molar-refractivity contribution < 1.29 is 22.5 Å². The van der Waals surface area contributed by atoms with E-state index < -0.39 is 15.7 Å². The molecule has 0 spiro atoms. The summed E-state index contributed by atoms with van der Waals surface area (Å²) in [5.41, 5.74) is 0. The van der Waals surface area contributed by atoms with Gasteiger partial charge in [-0.15, -0.1) is 0 Å². The predicted molar refractivity (Wildman–Crippen MR) is 81.1 cm³/mol. The van der Waals surface area contributed by atoms with Crippen LogP contribution in [0.4, 0.5) is 0 Å². The first kappa shape index (κ1) is 16.9. The lowest BCUT2D eigenvalue weighted by Crippen LogP contribution is -2.23. The van der Waals surface area contributed by atoms with E-state index in [9.17, 15) is 13.2 Å². The van der Waals surface area contributed by atoms with Crippen LogP contribution in [0.25, 0.3) is 0 Å². The summed E-state index contributed by atoms with van der Waals surface area (Å²) < 4.78 is 34.3. The molecule has 0 radical (unpaired) electrons. The van der Waals surface area contributed by atoms with Crippen LogP contribution >= 0.6 is 0 Å². The molecule has 1 aromatic heterocycles. The average molecular weight is 339 g/mol. The zero-order chi connectivity index (χ0) is 16.9. The molecule has 2 aromatic rings. The van der Waals surface area contributed by atoms with Crippen LogP contribution in [-0.4, -0.2) is 43.9 Å². The topological polar surface area (TPSA) is 111 Å². The van der Waals surface area contributed by atoms with Crippen molar-refractivity contribution in [1.29, 1.82) is 0 Å². The molecule has 0 aliphatic rings. The molecule has 0 bridgehead atoms. The number of sulfone groups is 1. The smallest absolute Gasteiger partial charge is 0.315 e. The lowest BCUT2D eigenvalue weighted by atomic mass is 10.3. The molecule has 1 N–H and O–H groups in total. The number of nitrogens with zero attached hydrogens (tertiary/aromatic N) is 2. The number of hydrogen-bond acceptors (Lipinski definition) is 7. The number of rotatable bonds is 7. The Morgan fingerprint density at radius 3 is 2.61 bits per heavy atom. The third-order valence-electron chi connectivity index (χ3n) is 3.01. The lowest BCUT2D eigenvalue weighted by Gasteiger charge is -2.04. The zero-order valence-electron chi connectivity index (χ0n) is 12.8. The van der Waals surface area contributed by atoms with Crippen molar-refractivity contribution in [1.82, 2.24) is 15.5 Å². The second kappa shape index (κ2) is 7.23. The molecule has 124 valence electrons. The van der Waals surface area contributed by atoms with Crippen molar-refractivity contribution in [3.05, 3.63) is 36.0 Å². The van der Waals surface area contributed by atoms with E-state index in [2.05, 4.69) is 15.5 Å². The van der Waals surface area contributed by atoms with Gasteiger partial charge in [0.1, 0.15) is 5.75 Å². The van der Waals surface area contributed by atoms with Crippen LogP contribution in [0.15, 0.2) is 33.7 Å². The van der Waals surface area contributed by atoms with E-state index in [1.54, 1.807) is 19.1 Å². The van der Waals surface area contributed by atoms with Gasteiger partial charge in [0.15, 0.2) is 15.7 Å². The van der Waals surface area contributed by atoms with Crippen LogP contribution in [0, 0.1) is 0 Å². The molecule has 0 atom stereocenters. The SMILES string of the molecule is CCNC(=O)c1nc(CCS(=O)(=O)c2ccc(OC)cc2)no1. The zero-order valence-corrected chi connectivity index (χ0v) is 13.6. The third kappa shape index (κ3) is 4.28. The van der Waals surface area contributed by atoms with E-state index in [0.29, 0.717) is 12.3 Å². The standard InChI is InChI=1S/C14H17N3O5S/c1-3-15-13(18)14-16-12(17-22-14)8-9-23(19,20)11-6-4-10(21-2)5-7-11/h4-7H,3,8-9H2,1-2H3,(H,15,18). The Bertz CT molecular complexity index is 768. The Kier molecular flexibility index (Phi) is 5.32. The van der Waals surface area contributed by atoms with Gasteiger partial charge in [0.25, 0.3) is 0 Å². The number of nitrogens with one attached hydrogen (secondary N) is 1. The largest absolute Gasteiger partial charge is 0.497 e. The van der Waals surface area contributed by atoms with Crippen molar-refractivity contribution in [2.45, 2.75) is 18.2 Å². The van der Waals surface area contributed by atoms with Gasteiger partial charge in [-0.25, -0.2) is 8.42 Å². The first-order valence-electron chi connectivity index (χ1n) is 6.94. The van der Waals surface area contributed by atoms with Gasteiger partial charge in [-0.1, -0.05) is 5.16 Å². The number of aryl methyl sites for hydroxylation is 1. The van der Waals surface area contributed by atoms with E-state index in [4.69, 9.17) is 9.26 Å². The Balaban J connectivity index is 2.02. The molecule has 0 saturated carbocycles. The van der Waals surface area contributed by atoms with Crippen molar-refractivity contribution in [2.24, 2.45) is 0 Å². The molecule has 2 rings (SSSR count). The number of benzene rings is 1. The minimum Gasteiger partial charge on any atom is -0.497 e. The van der Waals surface area contributed by atoms with Gasteiger partial charge in [-0.3, -0.25) is 4.79 Å². The second-order valence-corrected chi connectivity index (χ2v) is 6.73.